The van der Waals surface area contributed by atoms with Crippen LogP contribution in [0.15, 0.2) is 23.1 Å². The first-order chi connectivity index (χ1) is 5.41. The van der Waals surface area contributed by atoms with Gasteiger partial charge in [0.1, 0.15) is 4.90 Å². The lowest BCUT2D eigenvalue weighted by atomic mass is 10.4. The molecule has 0 amide bonds. The SMILES string of the molecule is O=[35S](=O)(Cl)c1ccc(Cl)cc1Cl. The Bertz CT molecular complexity index is 399. The fourth-order valence-electron chi connectivity index (χ4n) is 0.673. The fraction of sp³-hybridized carbons (Fsp3) is 0. The van der Waals surface area contributed by atoms with Crippen LogP contribution in [0.25, 0.3) is 0 Å². The molecule has 1 aromatic rings. The maximum Gasteiger partial charge on any atom is 0.262 e. The molecule has 6 heteroatoms. The van der Waals surface area contributed by atoms with E-state index >= 15 is 0 Å². The molecule has 0 aliphatic rings. The Kier molecular flexibility index (Phi) is 2.88. The van der Waals surface area contributed by atoms with Gasteiger partial charge in [0.15, 0.2) is 0 Å². The highest BCUT2D eigenvalue weighted by molar-refractivity contribution is 8.13. The minimum atomic E-state index is -3.77. The molecule has 0 aliphatic heterocycles. The number of hydrogen-bond donors (Lipinski definition) is 0. The van der Waals surface area contributed by atoms with Crippen LogP contribution in [0.3, 0.4) is 0 Å². The standard InChI is InChI=1S/C6H3Cl3O2S/c7-4-1-2-6(5(8)3-4)12(9,10)11/h1-3H/i12+3. The average molecular weight is 248 g/mol. The van der Waals surface area contributed by atoms with Crippen LogP contribution >= 0.6 is 33.9 Å². The minimum Gasteiger partial charge on any atom is -0.207 e. The van der Waals surface area contributed by atoms with Crippen LogP contribution < -0.4 is 0 Å². The van der Waals surface area contributed by atoms with E-state index in [1.807, 2.05) is 0 Å². The van der Waals surface area contributed by atoms with Crippen molar-refractivity contribution >= 4 is 42.9 Å². The lowest BCUT2D eigenvalue weighted by Gasteiger charge is -1.98. The van der Waals surface area contributed by atoms with Crippen molar-refractivity contribution in [3.05, 3.63) is 28.2 Å². The first-order valence-electron chi connectivity index (χ1n) is 2.81. The van der Waals surface area contributed by atoms with Crippen molar-refractivity contribution in [1.82, 2.24) is 0 Å². The first kappa shape index (κ1) is 10.1. The molecule has 1 aromatic carbocycles. The molecular formula is C6H3Cl3O2S. The van der Waals surface area contributed by atoms with E-state index in [-0.39, 0.29) is 9.92 Å². The third-order valence-electron chi connectivity index (χ3n) is 1.16. The Morgan fingerprint density at radius 2 is 1.75 bits per heavy atom. The topological polar surface area (TPSA) is 34.1 Å². The zero-order chi connectivity index (χ0) is 9.35. The number of halogens is 3. The largest absolute Gasteiger partial charge is 0.262 e. The molecule has 1 rings (SSSR count). The normalized spacial score (nSPS) is 11.6. The first-order valence-corrected chi connectivity index (χ1v) is 5.87. The third kappa shape index (κ3) is 2.26. The van der Waals surface area contributed by atoms with Crippen molar-refractivity contribution in [3.8, 4) is 0 Å². The molecule has 0 heterocycles. The molecule has 12 heavy (non-hydrogen) atoms. The molecule has 0 atom stereocenters. The van der Waals surface area contributed by atoms with Gasteiger partial charge in [-0.3, -0.25) is 0 Å². The van der Waals surface area contributed by atoms with E-state index in [1.165, 1.54) is 18.2 Å². The number of hydrogen-bond acceptors (Lipinski definition) is 2. The van der Waals surface area contributed by atoms with Gasteiger partial charge in [-0.15, -0.1) is 0 Å². The Balaban J connectivity index is 3.39. The molecule has 0 aliphatic carbocycles. The van der Waals surface area contributed by atoms with Gasteiger partial charge in [0.25, 0.3) is 9.05 Å². The summed E-state index contributed by atoms with van der Waals surface area (Å²) in [5.41, 5.74) is 0. The van der Waals surface area contributed by atoms with Crippen molar-refractivity contribution < 1.29 is 8.42 Å². The Hall–Kier alpha value is 0.0400. The minimum absolute atomic E-state index is 0.0255. The van der Waals surface area contributed by atoms with E-state index in [2.05, 4.69) is 0 Å². The Morgan fingerprint density at radius 3 is 2.17 bits per heavy atom. The maximum atomic E-state index is 10.8. The molecular weight excluding hydrogens is 245 g/mol. The van der Waals surface area contributed by atoms with E-state index in [0.29, 0.717) is 5.02 Å². The van der Waals surface area contributed by atoms with Crippen LogP contribution in [0.5, 0.6) is 0 Å². The Morgan fingerprint density at radius 1 is 1.17 bits per heavy atom. The van der Waals surface area contributed by atoms with Crippen LogP contribution in [-0.2, 0) is 9.05 Å². The zero-order valence-corrected chi connectivity index (χ0v) is 8.67. The quantitative estimate of drug-likeness (QED) is 0.716. The number of benzene rings is 1. The smallest absolute Gasteiger partial charge is 0.207 e. The monoisotopic (exact) mass is 247 g/mol. The van der Waals surface area contributed by atoms with Crippen LogP contribution in [-0.4, -0.2) is 8.42 Å². The molecule has 0 bridgehead atoms. The second-order valence-electron chi connectivity index (χ2n) is 2.01. The molecule has 66 valence electrons. The zero-order valence-electron chi connectivity index (χ0n) is 5.59. The lowest BCUT2D eigenvalue weighted by molar-refractivity contribution is 0.609. The van der Waals surface area contributed by atoms with Gasteiger partial charge in [0.2, 0.25) is 0 Å². The van der Waals surface area contributed by atoms with Crippen LogP contribution in [0, 0.1) is 0 Å². The molecule has 0 fully saturated rings. The van der Waals surface area contributed by atoms with Crippen molar-refractivity contribution in [2.45, 2.75) is 4.90 Å². The Labute approximate surface area is 84.5 Å². The van der Waals surface area contributed by atoms with Crippen LogP contribution in [0.2, 0.25) is 10.0 Å². The molecule has 0 saturated carbocycles. The van der Waals surface area contributed by atoms with Gasteiger partial charge in [0, 0.05) is 15.7 Å². The van der Waals surface area contributed by atoms with Crippen molar-refractivity contribution in [2.24, 2.45) is 0 Å². The summed E-state index contributed by atoms with van der Waals surface area (Å²) in [6.07, 6.45) is 0. The van der Waals surface area contributed by atoms with Gasteiger partial charge >= 0.3 is 0 Å². The highest BCUT2D eigenvalue weighted by atomic mass is 36.3. The summed E-state index contributed by atoms with van der Waals surface area (Å²) in [4.78, 5) is -0.129. The summed E-state index contributed by atoms with van der Waals surface area (Å²) in [6, 6.07) is 3.98. The van der Waals surface area contributed by atoms with Gasteiger partial charge in [-0.2, -0.15) is 0 Å². The van der Waals surface area contributed by atoms with Crippen molar-refractivity contribution in [2.75, 3.05) is 0 Å². The van der Waals surface area contributed by atoms with Crippen LogP contribution in [0.1, 0.15) is 0 Å². The predicted octanol–water partition coefficient (Wildman–Crippen LogP) is 2.92. The second-order valence-corrected chi connectivity index (χ2v) is 5.39. The molecule has 0 radical (unpaired) electrons. The highest BCUT2D eigenvalue weighted by Crippen LogP contribution is 2.27. The van der Waals surface area contributed by atoms with E-state index in [4.69, 9.17) is 33.9 Å². The molecule has 0 spiro atoms. The summed E-state index contributed by atoms with van der Waals surface area (Å²) in [5, 5.41) is 0.390. The molecule has 0 N–H and O–H groups in total. The van der Waals surface area contributed by atoms with Gasteiger partial charge in [0.05, 0.1) is 5.02 Å². The summed E-state index contributed by atoms with van der Waals surface area (Å²) in [7, 11) is 1.29. The summed E-state index contributed by atoms with van der Waals surface area (Å²) in [5.74, 6) is 0. The van der Waals surface area contributed by atoms with E-state index < -0.39 is 9.05 Å². The third-order valence-corrected chi connectivity index (χ3v) is 3.20. The molecule has 0 aromatic heterocycles. The van der Waals surface area contributed by atoms with Gasteiger partial charge in [-0.25, -0.2) is 8.42 Å². The fourth-order valence-corrected chi connectivity index (χ4v) is 2.43. The number of rotatable bonds is 1. The molecule has 2 nitrogen and oxygen atoms in total. The summed E-state index contributed by atoms with van der Waals surface area (Å²) in [6.45, 7) is 0. The van der Waals surface area contributed by atoms with Crippen molar-refractivity contribution in [1.29, 1.82) is 0 Å². The highest BCUT2D eigenvalue weighted by Gasteiger charge is 2.13. The van der Waals surface area contributed by atoms with E-state index in [0.717, 1.165) is 0 Å². The van der Waals surface area contributed by atoms with Gasteiger partial charge in [-0.05, 0) is 18.2 Å². The maximum absolute atomic E-state index is 10.8. The van der Waals surface area contributed by atoms with Crippen LogP contribution in [0.4, 0.5) is 0 Å². The summed E-state index contributed by atoms with van der Waals surface area (Å²) >= 11 is 11.1. The van der Waals surface area contributed by atoms with Gasteiger partial charge in [-0.1, -0.05) is 23.2 Å². The molecule has 0 unspecified atom stereocenters. The summed E-state index contributed by atoms with van der Waals surface area (Å²) < 4.78 is 21.6. The lowest BCUT2D eigenvalue weighted by Crippen LogP contribution is -1.90. The predicted molar refractivity (Wildman–Crippen MR) is 49.5 cm³/mol. The average Bonchev–Trinajstić information content (AvgIpc) is 1.83. The van der Waals surface area contributed by atoms with Gasteiger partial charge < -0.3 is 0 Å². The molecule has 0 saturated heterocycles. The van der Waals surface area contributed by atoms with Crippen molar-refractivity contribution in [3.63, 3.8) is 0 Å². The van der Waals surface area contributed by atoms with E-state index in [1.54, 1.807) is 0 Å². The second kappa shape index (κ2) is 3.42. The van der Waals surface area contributed by atoms with E-state index in [9.17, 15) is 8.42 Å².